The van der Waals surface area contributed by atoms with Crippen molar-refractivity contribution in [3.63, 3.8) is 0 Å². The zero-order valence-electron chi connectivity index (χ0n) is 12.3. The maximum Gasteiger partial charge on any atom is 0.416 e. The first-order valence-electron chi connectivity index (χ1n) is 6.80. The summed E-state index contributed by atoms with van der Waals surface area (Å²) in [6.07, 6.45) is -4.43. The van der Waals surface area contributed by atoms with Crippen molar-refractivity contribution in [1.82, 2.24) is 10.9 Å². The van der Waals surface area contributed by atoms with Gasteiger partial charge in [0.15, 0.2) is 6.61 Å². The van der Waals surface area contributed by atoms with Gasteiger partial charge in [-0.2, -0.15) is 13.2 Å². The van der Waals surface area contributed by atoms with Crippen molar-refractivity contribution in [1.29, 1.82) is 0 Å². The smallest absolute Gasteiger partial charge is 0.416 e. The molecule has 0 aliphatic carbocycles. The molecule has 0 aliphatic rings. The lowest BCUT2D eigenvalue weighted by molar-refractivity contribution is -0.137. The van der Waals surface area contributed by atoms with Gasteiger partial charge in [-0.05, 0) is 36.4 Å². The fourth-order valence-electron chi connectivity index (χ4n) is 1.71. The predicted molar refractivity (Wildman–Crippen MR) is 79.0 cm³/mol. The molecule has 0 radical (unpaired) electrons. The van der Waals surface area contributed by atoms with E-state index < -0.39 is 30.2 Å². The van der Waals surface area contributed by atoms with Gasteiger partial charge >= 0.3 is 6.18 Å². The van der Waals surface area contributed by atoms with Crippen LogP contribution < -0.4 is 15.6 Å². The SMILES string of the molecule is O=C(COc1ccc(C(F)(F)F)cc1)NNC(=O)c1ccccc1. The van der Waals surface area contributed by atoms with E-state index in [-0.39, 0.29) is 5.75 Å². The van der Waals surface area contributed by atoms with Crippen molar-refractivity contribution < 1.29 is 27.5 Å². The summed E-state index contributed by atoms with van der Waals surface area (Å²) >= 11 is 0. The number of carbonyl (C=O) groups excluding carboxylic acids is 2. The van der Waals surface area contributed by atoms with Crippen LogP contribution in [0.4, 0.5) is 13.2 Å². The van der Waals surface area contributed by atoms with Gasteiger partial charge in [-0.1, -0.05) is 18.2 Å². The standard InChI is InChI=1S/C16H13F3N2O3/c17-16(18,19)12-6-8-13(9-7-12)24-10-14(22)20-21-15(23)11-4-2-1-3-5-11/h1-9H,10H2,(H,20,22)(H,21,23). The van der Waals surface area contributed by atoms with E-state index in [1.54, 1.807) is 30.3 Å². The van der Waals surface area contributed by atoms with Crippen molar-refractivity contribution in [2.45, 2.75) is 6.18 Å². The number of benzene rings is 2. The van der Waals surface area contributed by atoms with Gasteiger partial charge in [-0.25, -0.2) is 0 Å². The molecule has 0 spiro atoms. The molecular weight excluding hydrogens is 325 g/mol. The lowest BCUT2D eigenvalue weighted by atomic mass is 10.2. The molecule has 0 saturated heterocycles. The molecule has 0 fully saturated rings. The van der Waals surface area contributed by atoms with Gasteiger partial charge in [0, 0.05) is 5.56 Å². The Morgan fingerprint density at radius 2 is 1.54 bits per heavy atom. The second-order valence-corrected chi connectivity index (χ2v) is 4.68. The Kier molecular flexibility index (Phi) is 5.41. The van der Waals surface area contributed by atoms with E-state index in [4.69, 9.17) is 4.74 Å². The Balaban J connectivity index is 1.78. The summed E-state index contributed by atoms with van der Waals surface area (Å²) in [6, 6.07) is 12.1. The first-order valence-corrected chi connectivity index (χ1v) is 6.80. The number of hydrazine groups is 1. The fourth-order valence-corrected chi connectivity index (χ4v) is 1.71. The number of ether oxygens (including phenoxy) is 1. The van der Waals surface area contributed by atoms with E-state index in [1.807, 2.05) is 0 Å². The molecular formula is C16H13F3N2O3. The maximum atomic E-state index is 12.4. The van der Waals surface area contributed by atoms with Gasteiger partial charge in [0.25, 0.3) is 11.8 Å². The molecule has 2 aromatic rings. The molecule has 2 N–H and O–H groups in total. The summed E-state index contributed by atoms with van der Waals surface area (Å²) in [7, 11) is 0. The number of rotatable bonds is 4. The molecule has 2 aromatic carbocycles. The third kappa shape index (κ3) is 5.01. The van der Waals surface area contributed by atoms with Gasteiger partial charge in [0.2, 0.25) is 0 Å². The zero-order chi connectivity index (χ0) is 17.6. The third-order valence-electron chi connectivity index (χ3n) is 2.90. The second-order valence-electron chi connectivity index (χ2n) is 4.68. The quantitative estimate of drug-likeness (QED) is 0.842. The summed E-state index contributed by atoms with van der Waals surface area (Å²) in [4.78, 5) is 23.2. The molecule has 126 valence electrons. The first-order chi connectivity index (χ1) is 11.4. The molecule has 0 aliphatic heterocycles. The average molecular weight is 338 g/mol. The van der Waals surface area contributed by atoms with Crippen LogP contribution in [-0.2, 0) is 11.0 Å². The van der Waals surface area contributed by atoms with Crippen LogP contribution in [0.1, 0.15) is 15.9 Å². The van der Waals surface area contributed by atoms with Crippen molar-refractivity contribution in [2.24, 2.45) is 0 Å². The molecule has 8 heteroatoms. The van der Waals surface area contributed by atoms with E-state index in [0.29, 0.717) is 5.56 Å². The molecule has 5 nitrogen and oxygen atoms in total. The van der Waals surface area contributed by atoms with E-state index in [2.05, 4.69) is 10.9 Å². The number of nitrogens with one attached hydrogen (secondary N) is 2. The molecule has 0 saturated carbocycles. The fraction of sp³-hybridized carbons (Fsp3) is 0.125. The number of halogens is 3. The van der Waals surface area contributed by atoms with Crippen LogP contribution in [0.3, 0.4) is 0 Å². The number of hydrogen-bond acceptors (Lipinski definition) is 3. The lowest BCUT2D eigenvalue weighted by Crippen LogP contribution is -2.43. The largest absolute Gasteiger partial charge is 0.484 e. The maximum absolute atomic E-state index is 12.4. The minimum Gasteiger partial charge on any atom is -0.484 e. The minimum atomic E-state index is -4.43. The lowest BCUT2D eigenvalue weighted by Gasteiger charge is -2.10. The molecule has 0 bridgehead atoms. The van der Waals surface area contributed by atoms with E-state index in [0.717, 1.165) is 24.3 Å². The molecule has 0 aromatic heterocycles. The highest BCUT2D eigenvalue weighted by Gasteiger charge is 2.30. The number of alkyl halides is 3. The van der Waals surface area contributed by atoms with Crippen LogP contribution in [0.2, 0.25) is 0 Å². The Morgan fingerprint density at radius 1 is 0.917 bits per heavy atom. The summed E-state index contributed by atoms with van der Waals surface area (Å²) in [6.45, 7) is -0.458. The van der Waals surface area contributed by atoms with Gasteiger partial charge in [-0.15, -0.1) is 0 Å². The Bertz CT molecular complexity index is 701. The highest BCUT2D eigenvalue weighted by molar-refractivity contribution is 5.95. The monoisotopic (exact) mass is 338 g/mol. The van der Waals surface area contributed by atoms with Crippen molar-refractivity contribution in [3.05, 3.63) is 65.7 Å². The minimum absolute atomic E-state index is 0.104. The summed E-state index contributed by atoms with van der Waals surface area (Å²) < 4.78 is 42.3. The van der Waals surface area contributed by atoms with E-state index in [1.165, 1.54) is 0 Å². The summed E-state index contributed by atoms with van der Waals surface area (Å²) in [5.41, 5.74) is 3.89. The molecule has 24 heavy (non-hydrogen) atoms. The van der Waals surface area contributed by atoms with Crippen LogP contribution in [0, 0.1) is 0 Å². The topological polar surface area (TPSA) is 67.4 Å². The van der Waals surface area contributed by atoms with E-state index >= 15 is 0 Å². The van der Waals surface area contributed by atoms with Crippen LogP contribution >= 0.6 is 0 Å². The normalized spacial score (nSPS) is 10.8. The van der Waals surface area contributed by atoms with Crippen molar-refractivity contribution in [3.8, 4) is 5.75 Å². The van der Waals surface area contributed by atoms with Crippen molar-refractivity contribution in [2.75, 3.05) is 6.61 Å². The van der Waals surface area contributed by atoms with Crippen LogP contribution in [0.15, 0.2) is 54.6 Å². The van der Waals surface area contributed by atoms with Gasteiger partial charge in [0.05, 0.1) is 5.56 Å². The third-order valence-corrected chi connectivity index (χ3v) is 2.90. The van der Waals surface area contributed by atoms with Crippen molar-refractivity contribution >= 4 is 11.8 Å². The van der Waals surface area contributed by atoms with E-state index in [9.17, 15) is 22.8 Å². The Morgan fingerprint density at radius 3 is 2.12 bits per heavy atom. The Labute approximate surface area is 135 Å². The molecule has 0 atom stereocenters. The predicted octanol–water partition coefficient (Wildman–Crippen LogP) is 2.55. The van der Waals surface area contributed by atoms with Crippen LogP contribution in [0.5, 0.6) is 5.75 Å². The molecule has 0 unspecified atom stereocenters. The average Bonchev–Trinajstić information content (AvgIpc) is 2.58. The highest BCUT2D eigenvalue weighted by Crippen LogP contribution is 2.30. The number of carbonyl (C=O) groups is 2. The second kappa shape index (κ2) is 7.49. The van der Waals surface area contributed by atoms with Gasteiger partial charge < -0.3 is 4.74 Å². The number of amides is 2. The van der Waals surface area contributed by atoms with Gasteiger partial charge in [-0.3, -0.25) is 20.4 Å². The summed E-state index contributed by atoms with van der Waals surface area (Å²) in [5.74, 6) is -1.05. The summed E-state index contributed by atoms with van der Waals surface area (Å²) in [5, 5.41) is 0. The zero-order valence-corrected chi connectivity index (χ0v) is 12.3. The highest BCUT2D eigenvalue weighted by atomic mass is 19.4. The van der Waals surface area contributed by atoms with Crippen LogP contribution in [-0.4, -0.2) is 18.4 Å². The first kappa shape index (κ1) is 17.3. The molecule has 2 amide bonds. The van der Waals surface area contributed by atoms with Crippen LogP contribution in [0.25, 0.3) is 0 Å². The molecule has 0 heterocycles. The number of hydrogen-bond donors (Lipinski definition) is 2. The molecule has 2 rings (SSSR count). The van der Waals surface area contributed by atoms with Gasteiger partial charge in [0.1, 0.15) is 5.75 Å². The Hall–Kier alpha value is -3.03.